The van der Waals surface area contributed by atoms with Gasteiger partial charge in [0.15, 0.2) is 0 Å². The monoisotopic (exact) mass is 391 g/mol. The Hall–Kier alpha value is -0.610. The number of rotatable bonds is 4. The molecule has 0 heterocycles. The smallest absolute Gasteiger partial charge is 0.243 e. The predicted molar refractivity (Wildman–Crippen MR) is 110 cm³/mol. The second kappa shape index (κ2) is 7.58. The highest BCUT2D eigenvalue weighted by atomic mass is 16.5. The van der Waals surface area contributed by atoms with Gasteiger partial charge in [-0.2, -0.15) is 0 Å². The van der Waals surface area contributed by atoms with Crippen LogP contribution in [0, 0.1) is 46.3 Å². The van der Waals surface area contributed by atoms with Crippen molar-refractivity contribution in [3.8, 4) is 0 Å². The van der Waals surface area contributed by atoms with Crippen molar-refractivity contribution in [2.75, 3.05) is 0 Å². The fraction of sp³-hybridized carbons (Fsp3) is 0.958. The van der Waals surface area contributed by atoms with Gasteiger partial charge in [-0.15, -0.1) is 0 Å². The van der Waals surface area contributed by atoms with E-state index in [2.05, 4.69) is 20.8 Å². The number of carbonyl (C=O) groups excluding carboxylic acids is 1. The second-order valence-corrected chi connectivity index (χ2v) is 11.4. The minimum absolute atomic E-state index is 0.0590. The van der Waals surface area contributed by atoms with Crippen molar-refractivity contribution in [3.05, 3.63) is 0 Å². The van der Waals surface area contributed by atoms with Gasteiger partial charge in [0.1, 0.15) is 0 Å². The molecule has 9 unspecified atom stereocenters. The fourth-order valence-electron chi connectivity index (χ4n) is 8.83. The number of amides is 1. The summed E-state index contributed by atoms with van der Waals surface area (Å²) in [4.78, 5) is 11.5. The third-order valence-corrected chi connectivity index (χ3v) is 10.3. The van der Waals surface area contributed by atoms with Gasteiger partial charge < -0.3 is 5.11 Å². The molecule has 0 aliphatic heterocycles. The molecule has 0 saturated heterocycles. The summed E-state index contributed by atoms with van der Waals surface area (Å²) >= 11 is 0. The lowest BCUT2D eigenvalue weighted by Gasteiger charge is -2.61. The Morgan fingerprint density at radius 3 is 2.50 bits per heavy atom. The number of nitrogens with one attached hydrogen (secondary N) is 1. The normalized spacial score (nSPS) is 48.9. The average molecular weight is 392 g/mol. The molecule has 4 aliphatic carbocycles. The Morgan fingerprint density at radius 2 is 1.75 bits per heavy atom. The Kier molecular flexibility index (Phi) is 5.59. The molecule has 4 fully saturated rings. The molecule has 4 saturated carbocycles. The van der Waals surface area contributed by atoms with Gasteiger partial charge in [-0.05, 0) is 111 Å². The van der Waals surface area contributed by atoms with E-state index in [0.717, 1.165) is 42.9 Å². The van der Waals surface area contributed by atoms with Crippen LogP contribution in [0.5, 0.6) is 0 Å². The Labute approximate surface area is 170 Å². The summed E-state index contributed by atoms with van der Waals surface area (Å²) in [6.45, 7) is 7.45. The van der Waals surface area contributed by atoms with E-state index in [4.69, 9.17) is 5.21 Å². The van der Waals surface area contributed by atoms with Crippen molar-refractivity contribution in [2.24, 2.45) is 46.3 Å². The lowest BCUT2D eigenvalue weighted by Crippen LogP contribution is -2.54. The number of aliphatic hydroxyl groups is 1. The van der Waals surface area contributed by atoms with E-state index < -0.39 is 0 Å². The maximum atomic E-state index is 11.5. The molecule has 4 heteroatoms. The molecule has 160 valence electrons. The third-order valence-electron chi connectivity index (χ3n) is 10.3. The van der Waals surface area contributed by atoms with Gasteiger partial charge >= 0.3 is 0 Å². The number of hydrogen-bond donors (Lipinski definition) is 3. The summed E-state index contributed by atoms with van der Waals surface area (Å²) in [6.07, 6.45) is 12.6. The van der Waals surface area contributed by atoms with Gasteiger partial charge in [0.05, 0.1) is 6.10 Å². The zero-order valence-electron chi connectivity index (χ0n) is 18.1. The van der Waals surface area contributed by atoms with Crippen molar-refractivity contribution in [3.63, 3.8) is 0 Å². The molecule has 0 bridgehead atoms. The second-order valence-electron chi connectivity index (χ2n) is 11.4. The lowest BCUT2D eigenvalue weighted by atomic mass is 9.44. The third kappa shape index (κ3) is 3.23. The maximum Gasteiger partial charge on any atom is 0.243 e. The highest BCUT2D eigenvalue weighted by Gasteiger charge is 2.60. The van der Waals surface area contributed by atoms with Crippen molar-refractivity contribution in [1.29, 1.82) is 0 Å². The van der Waals surface area contributed by atoms with Crippen LogP contribution in [0.4, 0.5) is 0 Å². The van der Waals surface area contributed by atoms with Crippen LogP contribution >= 0.6 is 0 Å². The van der Waals surface area contributed by atoms with Crippen molar-refractivity contribution in [2.45, 2.75) is 97.5 Å². The predicted octanol–water partition coefficient (Wildman–Crippen LogP) is 4.93. The van der Waals surface area contributed by atoms with Gasteiger partial charge in [0, 0.05) is 6.42 Å². The molecule has 28 heavy (non-hydrogen) atoms. The number of hydroxylamine groups is 1. The van der Waals surface area contributed by atoms with Crippen molar-refractivity contribution in [1.82, 2.24) is 5.48 Å². The molecular weight excluding hydrogens is 350 g/mol. The van der Waals surface area contributed by atoms with Crippen molar-refractivity contribution < 1.29 is 15.1 Å². The molecule has 9 atom stereocenters. The highest BCUT2D eigenvalue weighted by molar-refractivity contribution is 5.74. The molecule has 4 rings (SSSR count). The SMILES string of the molecule is CC(CCC(=O)NO)C1CCC2C3CCC4CC(O)CCC4(C)C3CCC12C. The first-order valence-electron chi connectivity index (χ1n) is 11.9. The van der Waals surface area contributed by atoms with Crippen molar-refractivity contribution >= 4 is 5.91 Å². The van der Waals surface area contributed by atoms with Crippen LogP contribution in [-0.2, 0) is 4.79 Å². The van der Waals surface area contributed by atoms with E-state index in [1.165, 1.54) is 44.9 Å². The molecule has 3 N–H and O–H groups in total. The summed E-state index contributed by atoms with van der Waals surface area (Å²) < 4.78 is 0. The number of carbonyl (C=O) groups is 1. The summed E-state index contributed by atoms with van der Waals surface area (Å²) in [5.74, 6) is 4.30. The summed E-state index contributed by atoms with van der Waals surface area (Å²) in [5, 5.41) is 19.0. The first kappa shape index (κ1) is 20.7. The van der Waals surface area contributed by atoms with E-state index in [9.17, 15) is 9.90 Å². The number of aliphatic hydroxyl groups excluding tert-OH is 1. The van der Waals surface area contributed by atoms with Crippen LogP contribution in [0.25, 0.3) is 0 Å². The highest BCUT2D eigenvalue weighted by Crippen LogP contribution is 2.68. The largest absolute Gasteiger partial charge is 0.393 e. The molecule has 0 spiro atoms. The van der Waals surface area contributed by atoms with E-state index in [0.29, 0.717) is 29.1 Å². The van der Waals surface area contributed by atoms with Gasteiger partial charge in [0.2, 0.25) is 5.91 Å². The van der Waals surface area contributed by atoms with Gasteiger partial charge in [-0.25, -0.2) is 5.48 Å². The Balaban J connectivity index is 1.48. The van der Waals surface area contributed by atoms with Crippen LogP contribution in [0.3, 0.4) is 0 Å². The van der Waals surface area contributed by atoms with Crippen LogP contribution in [0.2, 0.25) is 0 Å². The Bertz CT molecular complexity index is 594. The zero-order valence-corrected chi connectivity index (χ0v) is 18.1. The van der Waals surface area contributed by atoms with Crippen LogP contribution < -0.4 is 5.48 Å². The van der Waals surface area contributed by atoms with E-state index >= 15 is 0 Å². The summed E-state index contributed by atoms with van der Waals surface area (Å²) in [7, 11) is 0. The minimum atomic E-state index is -0.249. The first-order chi connectivity index (χ1) is 13.3. The number of fused-ring (bicyclic) bond motifs is 5. The van der Waals surface area contributed by atoms with Crippen LogP contribution in [-0.4, -0.2) is 22.3 Å². The molecule has 0 aromatic carbocycles. The Morgan fingerprint density at radius 1 is 1.04 bits per heavy atom. The van der Waals surface area contributed by atoms with E-state index in [1.807, 2.05) is 0 Å². The van der Waals surface area contributed by atoms with Gasteiger partial charge in [-0.1, -0.05) is 20.8 Å². The molecule has 4 nitrogen and oxygen atoms in total. The van der Waals surface area contributed by atoms with E-state index in [1.54, 1.807) is 5.48 Å². The molecule has 0 radical (unpaired) electrons. The summed E-state index contributed by atoms with van der Waals surface area (Å²) in [6, 6.07) is 0. The van der Waals surface area contributed by atoms with Gasteiger partial charge in [0.25, 0.3) is 0 Å². The number of hydrogen-bond acceptors (Lipinski definition) is 3. The van der Waals surface area contributed by atoms with Gasteiger partial charge in [-0.3, -0.25) is 10.0 Å². The quantitative estimate of drug-likeness (QED) is 0.470. The topological polar surface area (TPSA) is 69.6 Å². The average Bonchev–Trinajstić information content (AvgIpc) is 3.03. The molecular formula is C24H41NO3. The summed E-state index contributed by atoms with van der Waals surface area (Å²) in [5.41, 5.74) is 2.67. The fourth-order valence-corrected chi connectivity index (χ4v) is 8.83. The molecule has 0 aromatic heterocycles. The maximum absolute atomic E-state index is 11.5. The zero-order chi connectivity index (χ0) is 20.1. The van der Waals surface area contributed by atoms with E-state index in [-0.39, 0.29) is 12.0 Å². The first-order valence-corrected chi connectivity index (χ1v) is 11.9. The molecule has 1 amide bonds. The molecule has 4 aliphatic rings. The van der Waals surface area contributed by atoms with Crippen LogP contribution in [0.15, 0.2) is 0 Å². The standard InChI is InChI=1S/C24H41NO3/c1-15(4-9-22(27)25-28)19-7-8-20-18-6-5-16-14-17(26)10-12-23(16,2)21(18)11-13-24(19,20)3/h15-21,26,28H,4-14H2,1-3H3,(H,25,27). The minimum Gasteiger partial charge on any atom is -0.393 e. The van der Waals surface area contributed by atoms with Crippen LogP contribution in [0.1, 0.15) is 91.4 Å². The lowest BCUT2D eigenvalue weighted by molar-refractivity contribution is -0.131. The molecule has 0 aromatic rings.